The maximum absolute atomic E-state index is 13.6. The second-order valence-electron chi connectivity index (χ2n) is 9.42. The third kappa shape index (κ3) is 5.59. The monoisotopic (exact) mass is 427 g/mol. The van der Waals surface area contributed by atoms with Crippen molar-refractivity contribution in [1.29, 1.82) is 0 Å². The molecule has 0 bridgehead atoms. The zero-order chi connectivity index (χ0) is 21.6. The summed E-state index contributed by atoms with van der Waals surface area (Å²) in [5.74, 6) is 1.22. The molecule has 3 fully saturated rings. The van der Waals surface area contributed by atoms with E-state index < -0.39 is 0 Å². The Balaban J connectivity index is 1.52. The highest BCUT2D eigenvalue weighted by atomic mass is 16.5. The van der Waals surface area contributed by atoms with Gasteiger partial charge in [0.25, 0.3) is 0 Å². The first-order valence-electron chi connectivity index (χ1n) is 12.1. The molecule has 0 radical (unpaired) electrons. The highest BCUT2D eigenvalue weighted by molar-refractivity contribution is 5.80. The van der Waals surface area contributed by atoms with Crippen LogP contribution in [0.1, 0.15) is 63.4 Å². The van der Waals surface area contributed by atoms with Crippen molar-refractivity contribution in [3.05, 3.63) is 29.8 Å². The smallest absolute Gasteiger partial charge is 0.237 e. The average molecular weight is 428 g/mol. The number of carbonyl (C=O) groups excluding carboxylic acids is 2. The van der Waals surface area contributed by atoms with Gasteiger partial charge in [0, 0.05) is 12.5 Å². The molecule has 4 rings (SSSR count). The fraction of sp³-hybridized carbons (Fsp3) is 0.680. The minimum atomic E-state index is 0.0733. The lowest BCUT2D eigenvalue weighted by atomic mass is 9.97. The van der Waals surface area contributed by atoms with Crippen LogP contribution in [0.5, 0.6) is 5.75 Å². The van der Waals surface area contributed by atoms with Gasteiger partial charge < -0.3 is 15.0 Å². The van der Waals surface area contributed by atoms with Crippen molar-refractivity contribution in [3.8, 4) is 5.75 Å². The largest absolute Gasteiger partial charge is 0.497 e. The topological polar surface area (TPSA) is 61.9 Å². The van der Waals surface area contributed by atoms with E-state index in [1.807, 2.05) is 12.1 Å². The Morgan fingerprint density at radius 2 is 1.81 bits per heavy atom. The molecule has 6 nitrogen and oxygen atoms in total. The number of rotatable bonds is 5. The second kappa shape index (κ2) is 10.5. The van der Waals surface area contributed by atoms with E-state index in [-0.39, 0.29) is 29.9 Å². The van der Waals surface area contributed by atoms with Crippen LogP contribution in [0.2, 0.25) is 0 Å². The lowest BCUT2D eigenvalue weighted by Crippen LogP contribution is -2.51. The molecular weight excluding hydrogens is 390 g/mol. The summed E-state index contributed by atoms with van der Waals surface area (Å²) >= 11 is 0. The van der Waals surface area contributed by atoms with Crippen molar-refractivity contribution in [2.24, 2.45) is 0 Å². The first-order valence-corrected chi connectivity index (χ1v) is 12.1. The lowest BCUT2D eigenvalue weighted by Gasteiger charge is -2.34. The summed E-state index contributed by atoms with van der Waals surface area (Å²) in [6.45, 7) is 2.55. The van der Waals surface area contributed by atoms with Crippen molar-refractivity contribution in [2.45, 2.75) is 82.3 Å². The van der Waals surface area contributed by atoms with E-state index in [1.165, 1.54) is 31.2 Å². The van der Waals surface area contributed by atoms with E-state index in [1.54, 1.807) is 7.11 Å². The molecular formula is C25H37N3O3. The molecule has 1 aromatic rings. The molecule has 0 aliphatic carbocycles. The van der Waals surface area contributed by atoms with Gasteiger partial charge in [0.1, 0.15) is 5.75 Å². The molecule has 1 N–H and O–H groups in total. The molecule has 0 aromatic heterocycles. The number of ether oxygens (including phenoxy) is 1. The maximum Gasteiger partial charge on any atom is 0.237 e. The van der Waals surface area contributed by atoms with Crippen molar-refractivity contribution < 1.29 is 14.3 Å². The molecule has 3 saturated heterocycles. The first kappa shape index (κ1) is 22.1. The maximum atomic E-state index is 13.6. The molecule has 3 aliphatic rings. The van der Waals surface area contributed by atoms with Crippen LogP contribution in [0.15, 0.2) is 24.3 Å². The Hall–Kier alpha value is -2.08. The minimum Gasteiger partial charge on any atom is -0.497 e. The predicted molar refractivity (Wildman–Crippen MR) is 121 cm³/mol. The third-order valence-electron chi connectivity index (χ3n) is 7.22. The van der Waals surface area contributed by atoms with Gasteiger partial charge >= 0.3 is 0 Å². The number of nitrogens with one attached hydrogen (secondary N) is 1. The van der Waals surface area contributed by atoms with Gasteiger partial charge in [-0.1, -0.05) is 31.4 Å². The zero-order valence-corrected chi connectivity index (χ0v) is 18.9. The Kier molecular flexibility index (Phi) is 7.49. The summed E-state index contributed by atoms with van der Waals surface area (Å²) in [4.78, 5) is 30.4. The van der Waals surface area contributed by atoms with E-state index in [0.29, 0.717) is 13.0 Å². The number of fused-ring (bicyclic) bond motifs is 1. The summed E-state index contributed by atoms with van der Waals surface area (Å²) in [5, 5.41) is 3.25. The van der Waals surface area contributed by atoms with Gasteiger partial charge in [0.2, 0.25) is 11.8 Å². The molecule has 170 valence electrons. The number of benzene rings is 1. The van der Waals surface area contributed by atoms with Gasteiger partial charge in [-0.3, -0.25) is 14.5 Å². The number of hydrogen-bond acceptors (Lipinski definition) is 4. The fourth-order valence-electron chi connectivity index (χ4n) is 5.61. The van der Waals surface area contributed by atoms with Crippen LogP contribution >= 0.6 is 0 Å². The second-order valence-corrected chi connectivity index (χ2v) is 9.42. The van der Waals surface area contributed by atoms with Crippen molar-refractivity contribution in [2.75, 3.05) is 26.7 Å². The molecule has 6 heteroatoms. The van der Waals surface area contributed by atoms with E-state index in [2.05, 4.69) is 27.2 Å². The standard InChI is InChI=1S/C25H37N3O3/c1-31-21-12-10-19(11-13-21)16-20-17-22-23(8-4-5-9-24(29)26-22)28(20)25(30)18-27-14-6-2-3-7-15-27/h10-13,20,22-23H,2-9,14-18H2,1H3,(H,26,29)/t20-,22+,23-/m1/s1. The van der Waals surface area contributed by atoms with Crippen LogP contribution in [0.25, 0.3) is 0 Å². The molecule has 1 aromatic carbocycles. The normalized spacial score (nSPS) is 27.6. The number of amides is 2. The highest BCUT2D eigenvalue weighted by Gasteiger charge is 2.44. The van der Waals surface area contributed by atoms with Crippen molar-refractivity contribution in [1.82, 2.24) is 15.1 Å². The van der Waals surface area contributed by atoms with E-state index in [9.17, 15) is 9.59 Å². The quantitative estimate of drug-likeness (QED) is 0.784. The molecule has 3 aliphatic heterocycles. The van der Waals surface area contributed by atoms with Crippen LogP contribution in [0.4, 0.5) is 0 Å². The summed E-state index contributed by atoms with van der Waals surface area (Å²) in [6.07, 6.45) is 10.1. The van der Waals surface area contributed by atoms with Crippen LogP contribution < -0.4 is 10.1 Å². The van der Waals surface area contributed by atoms with Crippen LogP contribution in [0, 0.1) is 0 Å². The van der Waals surface area contributed by atoms with Crippen LogP contribution in [0.3, 0.4) is 0 Å². The van der Waals surface area contributed by atoms with Gasteiger partial charge in [-0.05, 0) is 69.3 Å². The van der Waals surface area contributed by atoms with Gasteiger partial charge in [0.05, 0.1) is 25.7 Å². The van der Waals surface area contributed by atoms with Gasteiger partial charge in [-0.25, -0.2) is 0 Å². The molecule has 3 heterocycles. The fourth-order valence-corrected chi connectivity index (χ4v) is 5.61. The number of carbonyl (C=O) groups is 2. The molecule has 0 spiro atoms. The SMILES string of the molecule is COc1ccc(C[C@@H]2C[C@@H]3NC(=O)CCCC[C@H]3N2C(=O)CN2CCCCCC2)cc1. The zero-order valence-electron chi connectivity index (χ0n) is 18.9. The number of likely N-dealkylation sites (tertiary alicyclic amines) is 2. The molecule has 31 heavy (non-hydrogen) atoms. The molecule has 3 atom stereocenters. The van der Waals surface area contributed by atoms with Crippen molar-refractivity contribution >= 4 is 11.8 Å². The number of methoxy groups -OCH3 is 1. The molecule has 0 unspecified atom stereocenters. The van der Waals surface area contributed by atoms with Crippen molar-refractivity contribution in [3.63, 3.8) is 0 Å². The predicted octanol–water partition coefficient (Wildman–Crippen LogP) is 3.14. The van der Waals surface area contributed by atoms with Crippen LogP contribution in [-0.4, -0.2) is 66.5 Å². The van der Waals surface area contributed by atoms with E-state index in [4.69, 9.17) is 4.74 Å². The summed E-state index contributed by atoms with van der Waals surface area (Å²) in [6, 6.07) is 8.47. The van der Waals surface area contributed by atoms with E-state index in [0.717, 1.165) is 50.9 Å². The summed E-state index contributed by atoms with van der Waals surface area (Å²) < 4.78 is 5.29. The highest BCUT2D eigenvalue weighted by Crippen LogP contribution is 2.32. The van der Waals surface area contributed by atoms with Crippen LogP contribution in [-0.2, 0) is 16.0 Å². The number of hydrogen-bond donors (Lipinski definition) is 1. The summed E-state index contributed by atoms with van der Waals surface area (Å²) in [7, 11) is 1.68. The Bertz CT molecular complexity index is 743. The average Bonchev–Trinajstić information content (AvgIpc) is 2.91. The first-order chi connectivity index (χ1) is 15.1. The Morgan fingerprint density at radius 3 is 2.52 bits per heavy atom. The molecule has 0 saturated carbocycles. The summed E-state index contributed by atoms with van der Waals surface area (Å²) in [5.41, 5.74) is 1.21. The Labute approximate surface area is 186 Å². The van der Waals surface area contributed by atoms with Gasteiger partial charge in [0.15, 0.2) is 0 Å². The minimum absolute atomic E-state index is 0.0733. The van der Waals surface area contributed by atoms with E-state index >= 15 is 0 Å². The lowest BCUT2D eigenvalue weighted by molar-refractivity contribution is -0.136. The number of nitrogens with zero attached hydrogens (tertiary/aromatic N) is 2. The van der Waals surface area contributed by atoms with Gasteiger partial charge in [-0.15, -0.1) is 0 Å². The molecule has 2 amide bonds. The third-order valence-corrected chi connectivity index (χ3v) is 7.22. The Morgan fingerprint density at radius 1 is 1.06 bits per heavy atom. The van der Waals surface area contributed by atoms with Gasteiger partial charge in [-0.2, -0.15) is 0 Å².